The zero-order valence-corrected chi connectivity index (χ0v) is 29.2. The minimum atomic E-state index is -2.04. The monoisotopic (exact) mass is 828 g/mol. The topological polar surface area (TPSA) is 427 Å². The van der Waals surface area contributed by atoms with Crippen LogP contribution in [0.15, 0.2) is 0 Å². The number of rotatable bonds is 13. The third-order valence-electron chi connectivity index (χ3n) is 10.3. The van der Waals surface area contributed by atoms with Crippen molar-refractivity contribution in [1.29, 1.82) is 0 Å². The van der Waals surface area contributed by atoms with E-state index in [0.717, 1.165) is 0 Å². The van der Waals surface area contributed by atoms with Gasteiger partial charge in [0.15, 0.2) is 31.5 Å². The molecule has 26 nitrogen and oxygen atoms in total. The molecule has 0 aromatic carbocycles. The van der Waals surface area contributed by atoms with Gasteiger partial charge in [0.1, 0.15) is 122 Å². The third kappa shape index (κ3) is 9.61. The lowest BCUT2D eigenvalue weighted by Crippen LogP contribution is -2.65. The molecule has 26 heteroatoms. The molecule has 328 valence electrons. The number of hydrogen-bond donors (Lipinski definition) is 17. The van der Waals surface area contributed by atoms with E-state index in [0.29, 0.717) is 0 Å². The summed E-state index contributed by atoms with van der Waals surface area (Å²) in [6.07, 6.45) is -44.8. The highest BCUT2D eigenvalue weighted by atomic mass is 16.8. The maximum atomic E-state index is 10.7. The Morgan fingerprint density at radius 1 is 0.304 bits per heavy atom. The van der Waals surface area contributed by atoms with E-state index in [4.69, 9.17) is 42.6 Å². The van der Waals surface area contributed by atoms with Crippen LogP contribution in [-0.4, -0.2) is 273 Å². The first-order valence-electron chi connectivity index (χ1n) is 17.6. The zero-order chi connectivity index (χ0) is 41.3. The molecule has 5 rings (SSSR count). The van der Waals surface area contributed by atoms with Crippen molar-refractivity contribution in [2.75, 3.05) is 33.0 Å². The first kappa shape index (κ1) is 46.0. The Kier molecular flexibility index (Phi) is 16.1. The molecule has 5 fully saturated rings. The van der Waals surface area contributed by atoms with Crippen molar-refractivity contribution in [2.24, 2.45) is 0 Å². The second kappa shape index (κ2) is 19.6. The largest absolute Gasteiger partial charge is 0.394 e. The zero-order valence-electron chi connectivity index (χ0n) is 29.2. The fraction of sp³-hybridized carbons (Fsp3) is 1.00. The Morgan fingerprint density at radius 2 is 0.625 bits per heavy atom. The summed E-state index contributed by atoms with van der Waals surface area (Å²) in [4.78, 5) is 0. The van der Waals surface area contributed by atoms with Gasteiger partial charge in [-0.2, -0.15) is 0 Å². The highest BCUT2D eigenvalue weighted by Crippen LogP contribution is 2.32. The normalized spacial score (nSPS) is 53.2. The molecule has 5 aliphatic rings. The fourth-order valence-electron chi connectivity index (χ4n) is 6.80. The summed E-state index contributed by atoms with van der Waals surface area (Å²) < 4.78 is 48.7. The van der Waals surface area contributed by atoms with Crippen molar-refractivity contribution < 1.29 is 129 Å². The van der Waals surface area contributed by atoms with Gasteiger partial charge >= 0.3 is 0 Å². The SMILES string of the molecule is OC[C@@H]1O[C@@H](O)[C@@H](O)[C@H](O)[C@H]1O[C@@H]1[C@H](O)[C@@H](O)[C@@H](O)O[C@@H]1CO[C@H]1O[C@H](CO[C@H]2O[C@H](CO[C@H]3O[C@H](CO)[C@H](O)[C@H](O)[C@H]3O)[C@H](O)[C@H](O)[C@H]2O)[C@H](O)[C@H](O)[C@H]1O. The summed E-state index contributed by atoms with van der Waals surface area (Å²) in [6, 6.07) is 0. The van der Waals surface area contributed by atoms with E-state index in [9.17, 15) is 86.8 Å². The molecular weight excluding hydrogens is 776 g/mol. The van der Waals surface area contributed by atoms with Crippen molar-refractivity contribution in [3.05, 3.63) is 0 Å². The lowest BCUT2D eigenvalue weighted by Gasteiger charge is -2.46. The van der Waals surface area contributed by atoms with Crippen molar-refractivity contribution in [2.45, 2.75) is 154 Å². The predicted molar refractivity (Wildman–Crippen MR) is 167 cm³/mol. The lowest BCUT2D eigenvalue weighted by molar-refractivity contribution is -0.354. The first-order chi connectivity index (χ1) is 26.4. The van der Waals surface area contributed by atoms with Crippen molar-refractivity contribution in [3.8, 4) is 0 Å². The number of hydrogen-bond acceptors (Lipinski definition) is 26. The second-order valence-corrected chi connectivity index (χ2v) is 14.1. The van der Waals surface area contributed by atoms with Gasteiger partial charge in [0.25, 0.3) is 0 Å². The molecule has 0 aromatic heterocycles. The van der Waals surface area contributed by atoms with Gasteiger partial charge in [-0.15, -0.1) is 0 Å². The van der Waals surface area contributed by atoms with E-state index in [1.807, 2.05) is 0 Å². The van der Waals surface area contributed by atoms with Gasteiger partial charge in [0, 0.05) is 0 Å². The van der Waals surface area contributed by atoms with Gasteiger partial charge in [-0.3, -0.25) is 0 Å². The Balaban J connectivity index is 1.20. The summed E-state index contributed by atoms with van der Waals surface area (Å²) in [5.41, 5.74) is 0. The van der Waals surface area contributed by atoms with Crippen LogP contribution in [0.5, 0.6) is 0 Å². The van der Waals surface area contributed by atoms with E-state index in [-0.39, 0.29) is 0 Å². The number of aliphatic hydroxyl groups is 17. The molecule has 0 aliphatic carbocycles. The summed E-state index contributed by atoms with van der Waals surface area (Å²) in [7, 11) is 0. The van der Waals surface area contributed by atoms with Gasteiger partial charge in [-0.25, -0.2) is 0 Å². The highest BCUT2D eigenvalue weighted by Gasteiger charge is 2.53. The quantitative estimate of drug-likeness (QED) is 0.0819. The summed E-state index contributed by atoms with van der Waals surface area (Å²) >= 11 is 0. The minimum absolute atomic E-state index is 0.679. The average molecular weight is 829 g/mol. The van der Waals surface area contributed by atoms with E-state index < -0.39 is 187 Å². The summed E-state index contributed by atoms with van der Waals surface area (Å²) in [6.45, 7) is -3.84. The predicted octanol–water partition coefficient (Wildman–Crippen LogP) is -11.9. The Labute approximate surface area is 316 Å². The van der Waals surface area contributed by atoms with Gasteiger partial charge < -0.3 is 129 Å². The van der Waals surface area contributed by atoms with Crippen LogP contribution in [0, 0.1) is 0 Å². The Bertz CT molecular complexity index is 1200. The molecule has 56 heavy (non-hydrogen) atoms. The molecule has 5 aliphatic heterocycles. The van der Waals surface area contributed by atoms with Crippen LogP contribution in [0.25, 0.3) is 0 Å². The maximum Gasteiger partial charge on any atom is 0.186 e. The Hall–Kier alpha value is -1.04. The molecule has 0 saturated carbocycles. The average Bonchev–Trinajstić information content (AvgIpc) is 3.18. The van der Waals surface area contributed by atoms with Crippen LogP contribution in [0.1, 0.15) is 0 Å². The molecule has 0 aromatic rings. The molecular formula is C30H52O26. The maximum absolute atomic E-state index is 10.7. The molecule has 5 heterocycles. The van der Waals surface area contributed by atoms with Crippen LogP contribution in [0.2, 0.25) is 0 Å². The lowest BCUT2D eigenvalue weighted by atomic mass is 9.95. The molecule has 0 bridgehead atoms. The first-order valence-corrected chi connectivity index (χ1v) is 17.6. The molecule has 0 amide bonds. The highest BCUT2D eigenvalue weighted by molar-refractivity contribution is 4.97. The molecule has 0 spiro atoms. The van der Waals surface area contributed by atoms with E-state index >= 15 is 0 Å². The van der Waals surface area contributed by atoms with Crippen LogP contribution in [0.3, 0.4) is 0 Å². The summed E-state index contributed by atoms with van der Waals surface area (Å²) in [5, 5.41) is 174. The molecule has 17 N–H and O–H groups in total. The van der Waals surface area contributed by atoms with Crippen LogP contribution in [0.4, 0.5) is 0 Å². The van der Waals surface area contributed by atoms with Gasteiger partial charge in [-0.05, 0) is 0 Å². The van der Waals surface area contributed by atoms with Gasteiger partial charge in [0.2, 0.25) is 0 Å². The molecule has 25 atom stereocenters. The van der Waals surface area contributed by atoms with E-state index in [2.05, 4.69) is 0 Å². The smallest absolute Gasteiger partial charge is 0.186 e. The van der Waals surface area contributed by atoms with Gasteiger partial charge in [-0.1, -0.05) is 0 Å². The van der Waals surface area contributed by atoms with E-state index in [1.165, 1.54) is 0 Å². The van der Waals surface area contributed by atoms with Crippen LogP contribution >= 0.6 is 0 Å². The third-order valence-corrected chi connectivity index (χ3v) is 10.3. The minimum Gasteiger partial charge on any atom is -0.394 e. The molecule has 5 saturated heterocycles. The number of aliphatic hydroxyl groups excluding tert-OH is 17. The number of ether oxygens (including phenoxy) is 9. The van der Waals surface area contributed by atoms with Crippen LogP contribution in [-0.2, 0) is 42.6 Å². The van der Waals surface area contributed by atoms with Crippen LogP contribution < -0.4 is 0 Å². The fourth-order valence-corrected chi connectivity index (χ4v) is 6.80. The van der Waals surface area contributed by atoms with Crippen molar-refractivity contribution in [3.63, 3.8) is 0 Å². The second-order valence-electron chi connectivity index (χ2n) is 14.1. The standard InChI is InChI=1S/C30H52O26/c31-1-6-11(33)14(36)21(43)28(53-6)48-3-8-12(34)15(37)22(44)29(54-8)49-4-9-13(35)16(38)23(45)30(55-9)50-5-10-25(18(40)20(42)27(47)52-10)56-24-7(2-32)51-26(46)19(41)17(24)39/h6-47H,1-5H2/t6-,7+,8-,9-,10-,11+,12+,13+,14+,15+,16+,17+,18-,19+,20-,21-,22-,23-,24+,25+,26-,27+,28+,29+,30+/m1/s1. The molecule has 0 radical (unpaired) electrons. The van der Waals surface area contributed by atoms with Crippen molar-refractivity contribution in [1.82, 2.24) is 0 Å². The van der Waals surface area contributed by atoms with E-state index in [1.54, 1.807) is 0 Å². The summed E-state index contributed by atoms with van der Waals surface area (Å²) in [5.74, 6) is 0. The Morgan fingerprint density at radius 3 is 1.02 bits per heavy atom. The van der Waals surface area contributed by atoms with Crippen molar-refractivity contribution >= 4 is 0 Å². The molecule has 0 unspecified atom stereocenters. The van der Waals surface area contributed by atoms with Gasteiger partial charge in [0.05, 0.1) is 33.0 Å².